The maximum absolute atomic E-state index is 12.2. The van der Waals surface area contributed by atoms with Gasteiger partial charge in [-0.2, -0.15) is 26.3 Å². The van der Waals surface area contributed by atoms with E-state index < -0.39 is 29.3 Å². The molecule has 0 N–H and O–H groups in total. The van der Waals surface area contributed by atoms with E-state index in [0.717, 1.165) is 0 Å². The van der Waals surface area contributed by atoms with Crippen molar-refractivity contribution in [1.29, 1.82) is 0 Å². The van der Waals surface area contributed by atoms with Crippen LogP contribution in [0.1, 0.15) is 21.7 Å². The molecular weight excluding hydrogens is 240 g/mol. The standard InChI is InChI=1S/C8H3F6NO/c9-7(10,11)4-1-2-6(8(12,13)14)15-5(4)3-16/h1-3H. The number of carbonyl (C=O) groups excluding carboxylic acids is 1. The monoisotopic (exact) mass is 243 g/mol. The highest BCUT2D eigenvalue weighted by Crippen LogP contribution is 2.33. The van der Waals surface area contributed by atoms with Gasteiger partial charge in [0.25, 0.3) is 0 Å². The van der Waals surface area contributed by atoms with Crippen molar-refractivity contribution < 1.29 is 31.1 Å². The number of pyridine rings is 1. The number of aromatic nitrogens is 1. The maximum Gasteiger partial charge on any atom is 0.433 e. The van der Waals surface area contributed by atoms with E-state index in [2.05, 4.69) is 4.98 Å². The van der Waals surface area contributed by atoms with Crippen LogP contribution in [-0.2, 0) is 12.4 Å². The average Bonchev–Trinajstić information content (AvgIpc) is 2.14. The summed E-state index contributed by atoms with van der Waals surface area (Å²) in [4.78, 5) is 12.8. The second kappa shape index (κ2) is 3.76. The van der Waals surface area contributed by atoms with Crippen molar-refractivity contribution in [1.82, 2.24) is 4.98 Å². The van der Waals surface area contributed by atoms with Crippen molar-refractivity contribution in [3.05, 3.63) is 29.1 Å². The quantitative estimate of drug-likeness (QED) is 0.560. The van der Waals surface area contributed by atoms with E-state index in [1.54, 1.807) is 0 Å². The highest BCUT2D eigenvalue weighted by atomic mass is 19.4. The molecule has 0 aliphatic heterocycles. The van der Waals surface area contributed by atoms with Gasteiger partial charge in [0.2, 0.25) is 0 Å². The van der Waals surface area contributed by atoms with Gasteiger partial charge in [0.1, 0.15) is 11.4 Å². The second-order valence-electron chi connectivity index (χ2n) is 2.74. The normalized spacial score (nSPS) is 12.6. The molecule has 1 aromatic rings. The van der Waals surface area contributed by atoms with E-state index in [9.17, 15) is 31.1 Å². The number of alkyl halides is 6. The number of rotatable bonds is 1. The third-order valence-electron chi connectivity index (χ3n) is 1.63. The zero-order valence-electron chi connectivity index (χ0n) is 7.36. The van der Waals surface area contributed by atoms with Gasteiger partial charge in [-0.15, -0.1) is 0 Å². The van der Waals surface area contributed by atoms with Gasteiger partial charge in [-0.1, -0.05) is 0 Å². The highest BCUT2D eigenvalue weighted by Gasteiger charge is 2.38. The lowest BCUT2D eigenvalue weighted by Gasteiger charge is -2.11. The SMILES string of the molecule is O=Cc1nc(C(F)(F)F)ccc1C(F)(F)F. The summed E-state index contributed by atoms with van der Waals surface area (Å²) in [6.07, 6.45) is -10.2. The lowest BCUT2D eigenvalue weighted by atomic mass is 10.1. The predicted octanol–water partition coefficient (Wildman–Crippen LogP) is 2.93. The molecule has 0 aliphatic rings. The first-order valence-corrected chi connectivity index (χ1v) is 3.77. The summed E-state index contributed by atoms with van der Waals surface area (Å²) in [5.74, 6) is 0. The van der Waals surface area contributed by atoms with Crippen molar-refractivity contribution in [2.45, 2.75) is 12.4 Å². The molecule has 2 nitrogen and oxygen atoms in total. The molecule has 0 radical (unpaired) electrons. The number of hydrogen-bond acceptors (Lipinski definition) is 2. The molecule has 0 bridgehead atoms. The Labute approximate surface area is 84.9 Å². The van der Waals surface area contributed by atoms with E-state index in [1.807, 2.05) is 0 Å². The van der Waals surface area contributed by atoms with Crippen LogP contribution in [0.4, 0.5) is 26.3 Å². The summed E-state index contributed by atoms with van der Waals surface area (Å²) < 4.78 is 72.8. The van der Waals surface area contributed by atoms with Crippen LogP contribution >= 0.6 is 0 Å². The first-order valence-electron chi connectivity index (χ1n) is 3.77. The summed E-state index contributed by atoms with van der Waals surface area (Å²) in [7, 11) is 0. The maximum atomic E-state index is 12.2. The van der Waals surface area contributed by atoms with Crippen LogP contribution in [0.25, 0.3) is 0 Å². The molecule has 88 valence electrons. The molecule has 0 amide bonds. The molecule has 0 fully saturated rings. The molecule has 8 heteroatoms. The Kier molecular flexibility index (Phi) is 2.93. The summed E-state index contributed by atoms with van der Waals surface area (Å²) in [6.45, 7) is 0. The Morgan fingerprint density at radius 2 is 1.56 bits per heavy atom. The van der Waals surface area contributed by atoms with Crippen LogP contribution in [0.3, 0.4) is 0 Å². The largest absolute Gasteiger partial charge is 0.433 e. The molecule has 0 unspecified atom stereocenters. The van der Waals surface area contributed by atoms with Gasteiger partial charge < -0.3 is 0 Å². The van der Waals surface area contributed by atoms with Gasteiger partial charge >= 0.3 is 12.4 Å². The van der Waals surface area contributed by atoms with Crippen molar-refractivity contribution in [3.63, 3.8) is 0 Å². The Bertz CT molecular complexity index is 408. The summed E-state index contributed by atoms with van der Waals surface area (Å²) >= 11 is 0. The molecule has 0 saturated heterocycles. The minimum absolute atomic E-state index is 0.176. The fourth-order valence-electron chi connectivity index (χ4n) is 0.962. The molecule has 1 heterocycles. The van der Waals surface area contributed by atoms with Gasteiger partial charge in [-0.25, -0.2) is 4.98 Å². The van der Waals surface area contributed by atoms with Crippen molar-refractivity contribution in [2.24, 2.45) is 0 Å². The van der Waals surface area contributed by atoms with E-state index in [0.29, 0.717) is 0 Å². The number of hydrogen-bond donors (Lipinski definition) is 0. The lowest BCUT2D eigenvalue weighted by Crippen LogP contribution is -2.15. The molecule has 0 saturated carbocycles. The number of halogens is 6. The zero-order chi connectivity index (χ0) is 12.6. The van der Waals surface area contributed by atoms with Gasteiger partial charge in [0.05, 0.1) is 5.56 Å². The summed E-state index contributed by atoms with van der Waals surface area (Å²) in [5, 5.41) is 0. The van der Waals surface area contributed by atoms with Crippen LogP contribution < -0.4 is 0 Å². The fraction of sp³-hybridized carbons (Fsp3) is 0.250. The molecule has 0 aliphatic carbocycles. The minimum Gasteiger partial charge on any atom is -0.296 e. The summed E-state index contributed by atoms with van der Waals surface area (Å²) in [5.41, 5.74) is -4.31. The first-order chi connectivity index (χ1) is 7.16. The van der Waals surface area contributed by atoms with E-state index in [4.69, 9.17) is 0 Å². The van der Waals surface area contributed by atoms with Crippen LogP contribution in [0.15, 0.2) is 12.1 Å². The first kappa shape index (κ1) is 12.5. The Hall–Kier alpha value is -1.60. The third-order valence-corrected chi connectivity index (χ3v) is 1.63. The molecular formula is C8H3F6NO. The van der Waals surface area contributed by atoms with Crippen molar-refractivity contribution in [2.75, 3.05) is 0 Å². The van der Waals surface area contributed by atoms with Crippen LogP contribution in [-0.4, -0.2) is 11.3 Å². The Morgan fingerprint density at radius 1 is 1.00 bits per heavy atom. The highest BCUT2D eigenvalue weighted by molar-refractivity contribution is 5.74. The number of aldehydes is 1. The second-order valence-corrected chi connectivity index (χ2v) is 2.74. The predicted molar refractivity (Wildman–Crippen MR) is 39.6 cm³/mol. The van der Waals surface area contributed by atoms with Crippen molar-refractivity contribution >= 4 is 6.29 Å². The Balaban J connectivity index is 3.34. The van der Waals surface area contributed by atoms with E-state index >= 15 is 0 Å². The zero-order valence-corrected chi connectivity index (χ0v) is 7.36. The Morgan fingerprint density at radius 3 is 1.94 bits per heavy atom. The minimum atomic E-state index is -4.91. The smallest absolute Gasteiger partial charge is 0.296 e. The van der Waals surface area contributed by atoms with Gasteiger partial charge in [0, 0.05) is 0 Å². The third kappa shape index (κ3) is 2.50. The van der Waals surface area contributed by atoms with Crippen molar-refractivity contribution in [3.8, 4) is 0 Å². The number of nitrogens with zero attached hydrogens (tertiary/aromatic N) is 1. The molecule has 1 aromatic heterocycles. The molecule has 16 heavy (non-hydrogen) atoms. The number of carbonyl (C=O) groups is 1. The average molecular weight is 243 g/mol. The van der Waals surface area contributed by atoms with Gasteiger partial charge in [-0.05, 0) is 12.1 Å². The van der Waals surface area contributed by atoms with Crippen LogP contribution in [0.2, 0.25) is 0 Å². The lowest BCUT2D eigenvalue weighted by molar-refractivity contribution is -0.144. The fourth-order valence-corrected chi connectivity index (χ4v) is 0.962. The van der Waals surface area contributed by atoms with E-state index in [-0.39, 0.29) is 18.4 Å². The van der Waals surface area contributed by atoms with Gasteiger partial charge in [0.15, 0.2) is 6.29 Å². The molecule has 0 atom stereocenters. The molecule has 0 aromatic carbocycles. The van der Waals surface area contributed by atoms with E-state index in [1.165, 1.54) is 0 Å². The topological polar surface area (TPSA) is 30.0 Å². The van der Waals surface area contributed by atoms with Crippen LogP contribution in [0.5, 0.6) is 0 Å². The van der Waals surface area contributed by atoms with Gasteiger partial charge in [-0.3, -0.25) is 4.79 Å². The molecule has 1 rings (SSSR count). The molecule has 0 spiro atoms. The summed E-state index contributed by atoms with van der Waals surface area (Å²) in [6, 6.07) is 0.357. The van der Waals surface area contributed by atoms with Crippen LogP contribution in [0, 0.1) is 0 Å².